The van der Waals surface area contributed by atoms with Crippen molar-refractivity contribution in [3.63, 3.8) is 0 Å². The molecule has 4 heteroatoms. The van der Waals surface area contributed by atoms with E-state index >= 15 is 0 Å². The van der Waals surface area contributed by atoms with E-state index in [1.807, 2.05) is 17.9 Å². The largest absolute Gasteiger partial charge is 0.316 e. The van der Waals surface area contributed by atoms with E-state index in [1.54, 1.807) is 0 Å². The van der Waals surface area contributed by atoms with Crippen LogP contribution in [0.25, 0.3) is 0 Å². The summed E-state index contributed by atoms with van der Waals surface area (Å²) in [5.41, 5.74) is 1.72. The Bertz CT molecular complexity index is 365. The van der Waals surface area contributed by atoms with Gasteiger partial charge in [-0.3, -0.25) is 9.58 Å². The van der Waals surface area contributed by atoms with Gasteiger partial charge in [-0.05, 0) is 32.4 Å². The Morgan fingerprint density at radius 2 is 2.41 bits per heavy atom. The number of aromatic nitrogens is 2. The minimum Gasteiger partial charge on any atom is -0.316 e. The van der Waals surface area contributed by atoms with Crippen LogP contribution < -0.4 is 5.32 Å². The molecule has 1 aliphatic rings. The van der Waals surface area contributed by atoms with E-state index in [2.05, 4.69) is 42.4 Å². The Hall–Kier alpha value is -0.870. The summed E-state index contributed by atoms with van der Waals surface area (Å²) >= 11 is 0. The first-order valence-corrected chi connectivity index (χ1v) is 6.40. The van der Waals surface area contributed by atoms with Gasteiger partial charge >= 0.3 is 0 Å². The van der Waals surface area contributed by atoms with Gasteiger partial charge in [-0.15, -0.1) is 0 Å². The first-order valence-electron chi connectivity index (χ1n) is 6.40. The molecule has 0 radical (unpaired) electrons. The van der Waals surface area contributed by atoms with Gasteiger partial charge in [-0.25, -0.2) is 0 Å². The van der Waals surface area contributed by atoms with Crippen LogP contribution in [-0.4, -0.2) is 41.4 Å². The average molecular weight is 236 g/mol. The molecular weight excluding hydrogens is 212 g/mol. The van der Waals surface area contributed by atoms with Crippen LogP contribution in [0.4, 0.5) is 0 Å². The van der Waals surface area contributed by atoms with E-state index in [9.17, 15) is 0 Å². The minimum atomic E-state index is 0.422. The summed E-state index contributed by atoms with van der Waals surface area (Å²) in [5, 5.41) is 7.70. The van der Waals surface area contributed by atoms with Gasteiger partial charge in [-0.2, -0.15) is 5.10 Å². The molecule has 2 heterocycles. The molecule has 1 aromatic rings. The molecule has 0 bridgehead atoms. The predicted molar refractivity (Wildman–Crippen MR) is 69.8 cm³/mol. The van der Waals surface area contributed by atoms with Crippen molar-refractivity contribution in [3.8, 4) is 0 Å². The highest BCUT2D eigenvalue weighted by atomic mass is 15.2. The molecule has 2 atom stereocenters. The molecule has 0 saturated carbocycles. The molecule has 0 aromatic carbocycles. The fourth-order valence-electron chi connectivity index (χ4n) is 2.65. The first-order chi connectivity index (χ1) is 8.00. The van der Waals surface area contributed by atoms with Crippen LogP contribution in [0.5, 0.6) is 0 Å². The first kappa shape index (κ1) is 12.6. The van der Waals surface area contributed by atoms with Crippen molar-refractivity contribution in [1.29, 1.82) is 0 Å². The van der Waals surface area contributed by atoms with Crippen molar-refractivity contribution < 1.29 is 0 Å². The third-order valence-corrected chi connectivity index (χ3v) is 3.96. The second-order valence-corrected chi connectivity index (χ2v) is 5.78. The molecule has 0 aliphatic carbocycles. The van der Waals surface area contributed by atoms with Gasteiger partial charge in [0.25, 0.3) is 0 Å². The lowest BCUT2D eigenvalue weighted by Gasteiger charge is -2.32. The molecule has 17 heavy (non-hydrogen) atoms. The average Bonchev–Trinajstić information content (AvgIpc) is 2.86. The Morgan fingerprint density at radius 1 is 1.65 bits per heavy atom. The maximum absolute atomic E-state index is 4.25. The molecule has 0 spiro atoms. The molecule has 0 amide bonds. The maximum Gasteiger partial charge on any atom is 0.0537 e. The SMILES string of the molecule is CC(c1cnn(C)c1)N(C)CC1(C)CCNC1. The molecule has 1 aromatic heterocycles. The number of nitrogens with zero attached hydrogens (tertiary/aromatic N) is 3. The highest BCUT2D eigenvalue weighted by Crippen LogP contribution is 2.28. The molecule has 1 saturated heterocycles. The van der Waals surface area contributed by atoms with E-state index in [0.29, 0.717) is 11.5 Å². The lowest BCUT2D eigenvalue weighted by atomic mass is 9.88. The van der Waals surface area contributed by atoms with Crippen molar-refractivity contribution in [2.75, 3.05) is 26.7 Å². The topological polar surface area (TPSA) is 33.1 Å². The summed E-state index contributed by atoms with van der Waals surface area (Å²) in [4.78, 5) is 2.43. The summed E-state index contributed by atoms with van der Waals surface area (Å²) in [6, 6.07) is 0.432. The number of rotatable bonds is 4. The van der Waals surface area contributed by atoms with E-state index in [-0.39, 0.29) is 0 Å². The summed E-state index contributed by atoms with van der Waals surface area (Å²) in [6.45, 7) is 8.06. The van der Waals surface area contributed by atoms with E-state index in [4.69, 9.17) is 0 Å². The Morgan fingerprint density at radius 3 is 2.94 bits per heavy atom. The van der Waals surface area contributed by atoms with Crippen LogP contribution >= 0.6 is 0 Å². The van der Waals surface area contributed by atoms with Gasteiger partial charge in [0.2, 0.25) is 0 Å². The van der Waals surface area contributed by atoms with Crippen LogP contribution in [0.3, 0.4) is 0 Å². The number of hydrogen-bond acceptors (Lipinski definition) is 3. The van der Waals surface area contributed by atoms with Crippen molar-refractivity contribution in [2.45, 2.75) is 26.3 Å². The molecule has 1 fully saturated rings. The Kier molecular flexibility index (Phi) is 3.54. The lowest BCUT2D eigenvalue weighted by molar-refractivity contribution is 0.169. The normalized spacial score (nSPS) is 26.6. The molecule has 96 valence electrons. The van der Waals surface area contributed by atoms with Crippen LogP contribution in [0, 0.1) is 5.41 Å². The van der Waals surface area contributed by atoms with Gasteiger partial charge in [-0.1, -0.05) is 6.92 Å². The van der Waals surface area contributed by atoms with Crippen LogP contribution in [0.15, 0.2) is 12.4 Å². The standard InChI is InChI=1S/C13H24N4/c1-11(12-7-15-17(4)8-12)16(3)10-13(2)5-6-14-9-13/h7-8,11,14H,5-6,9-10H2,1-4H3. The van der Waals surface area contributed by atoms with E-state index in [1.165, 1.54) is 12.0 Å². The summed E-state index contributed by atoms with van der Waals surface area (Å²) < 4.78 is 1.87. The van der Waals surface area contributed by atoms with Gasteiger partial charge in [0.15, 0.2) is 0 Å². The molecule has 4 nitrogen and oxygen atoms in total. The zero-order chi connectivity index (χ0) is 12.5. The zero-order valence-corrected chi connectivity index (χ0v) is 11.4. The zero-order valence-electron chi connectivity index (χ0n) is 11.4. The number of aryl methyl sites for hydroxylation is 1. The van der Waals surface area contributed by atoms with Gasteiger partial charge in [0.05, 0.1) is 6.20 Å². The quantitative estimate of drug-likeness (QED) is 0.858. The highest BCUT2D eigenvalue weighted by Gasteiger charge is 2.31. The highest BCUT2D eigenvalue weighted by molar-refractivity contribution is 5.09. The van der Waals surface area contributed by atoms with Crippen molar-refractivity contribution in [1.82, 2.24) is 20.0 Å². The van der Waals surface area contributed by atoms with E-state index < -0.39 is 0 Å². The molecular formula is C13H24N4. The summed E-state index contributed by atoms with van der Waals surface area (Å²) in [6.07, 6.45) is 5.35. The fraction of sp³-hybridized carbons (Fsp3) is 0.769. The lowest BCUT2D eigenvalue weighted by Crippen LogP contribution is -2.36. The van der Waals surface area contributed by atoms with Crippen molar-refractivity contribution in [2.24, 2.45) is 12.5 Å². The number of nitrogens with one attached hydrogen (secondary N) is 1. The predicted octanol–water partition coefficient (Wildman–Crippen LogP) is 1.41. The fourth-order valence-corrected chi connectivity index (χ4v) is 2.65. The van der Waals surface area contributed by atoms with Gasteiger partial charge in [0.1, 0.15) is 0 Å². The third kappa shape index (κ3) is 2.87. The van der Waals surface area contributed by atoms with Crippen LogP contribution in [0.2, 0.25) is 0 Å². The Balaban J connectivity index is 1.97. The number of hydrogen-bond donors (Lipinski definition) is 1. The molecule has 1 aliphatic heterocycles. The van der Waals surface area contributed by atoms with Gasteiger partial charge in [0, 0.05) is 37.9 Å². The monoisotopic (exact) mass is 236 g/mol. The summed E-state index contributed by atoms with van der Waals surface area (Å²) in [5.74, 6) is 0. The van der Waals surface area contributed by atoms with Gasteiger partial charge < -0.3 is 5.32 Å². The third-order valence-electron chi connectivity index (χ3n) is 3.96. The van der Waals surface area contributed by atoms with Crippen molar-refractivity contribution >= 4 is 0 Å². The van der Waals surface area contributed by atoms with Crippen LogP contribution in [-0.2, 0) is 7.05 Å². The smallest absolute Gasteiger partial charge is 0.0537 e. The summed E-state index contributed by atoms with van der Waals surface area (Å²) in [7, 11) is 4.18. The molecule has 2 unspecified atom stereocenters. The molecule has 1 N–H and O–H groups in total. The minimum absolute atomic E-state index is 0.422. The Labute approximate surface area is 104 Å². The maximum atomic E-state index is 4.25. The second-order valence-electron chi connectivity index (χ2n) is 5.78. The second kappa shape index (κ2) is 4.78. The van der Waals surface area contributed by atoms with Crippen molar-refractivity contribution in [3.05, 3.63) is 18.0 Å². The van der Waals surface area contributed by atoms with Crippen LogP contribution in [0.1, 0.15) is 31.9 Å². The van der Waals surface area contributed by atoms with E-state index in [0.717, 1.165) is 19.6 Å². The molecule has 2 rings (SSSR count).